The zero-order chi connectivity index (χ0) is 10.6. The first kappa shape index (κ1) is 10.9. The van der Waals surface area contributed by atoms with E-state index in [0.29, 0.717) is 6.61 Å². The molecule has 0 bridgehead atoms. The summed E-state index contributed by atoms with van der Waals surface area (Å²) in [7, 11) is 0. The van der Waals surface area contributed by atoms with Crippen LogP contribution in [-0.2, 0) is 4.84 Å². The number of hydrogen-bond donors (Lipinski definition) is 1. The molecule has 0 aliphatic carbocycles. The first-order valence-electron chi connectivity index (χ1n) is 4.02. The normalized spacial score (nSPS) is 9.93. The Balaban J connectivity index is 2.80. The summed E-state index contributed by atoms with van der Waals surface area (Å²) in [5, 5.41) is 0.246. The number of hydroxylamine groups is 1. The SMILES string of the molecule is CCONC(=O)c1ccc(Cl)cc1F. The zero-order valence-corrected chi connectivity index (χ0v) is 8.27. The molecule has 0 atom stereocenters. The number of amides is 1. The summed E-state index contributed by atoms with van der Waals surface area (Å²) in [5.74, 6) is -1.30. The maximum absolute atomic E-state index is 13.1. The fourth-order valence-corrected chi connectivity index (χ4v) is 1.03. The van der Waals surface area contributed by atoms with Gasteiger partial charge in [-0.3, -0.25) is 9.63 Å². The van der Waals surface area contributed by atoms with E-state index in [1.54, 1.807) is 6.92 Å². The van der Waals surface area contributed by atoms with Crippen LogP contribution in [0.2, 0.25) is 5.02 Å². The Morgan fingerprint density at radius 2 is 2.36 bits per heavy atom. The molecule has 0 fully saturated rings. The molecule has 0 aliphatic heterocycles. The zero-order valence-electron chi connectivity index (χ0n) is 7.51. The van der Waals surface area contributed by atoms with Crippen molar-refractivity contribution in [3.05, 3.63) is 34.6 Å². The van der Waals surface area contributed by atoms with Gasteiger partial charge in [0.2, 0.25) is 0 Å². The fraction of sp³-hybridized carbons (Fsp3) is 0.222. The molecular formula is C9H9ClFNO2. The van der Waals surface area contributed by atoms with Gasteiger partial charge in [-0.25, -0.2) is 9.87 Å². The molecule has 1 amide bonds. The molecule has 76 valence electrons. The van der Waals surface area contributed by atoms with Gasteiger partial charge in [-0.15, -0.1) is 0 Å². The summed E-state index contributed by atoms with van der Waals surface area (Å²) in [6, 6.07) is 3.81. The van der Waals surface area contributed by atoms with Gasteiger partial charge in [0.1, 0.15) is 5.82 Å². The van der Waals surface area contributed by atoms with Gasteiger partial charge in [0.05, 0.1) is 12.2 Å². The van der Waals surface area contributed by atoms with Crippen LogP contribution in [0.25, 0.3) is 0 Å². The van der Waals surface area contributed by atoms with Gasteiger partial charge in [0.25, 0.3) is 5.91 Å². The third-order valence-corrected chi connectivity index (χ3v) is 1.72. The largest absolute Gasteiger partial charge is 0.277 e. The van der Waals surface area contributed by atoms with Crippen molar-refractivity contribution in [3.8, 4) is 0 Å². The average molecular weight is 218 g/mol. The van der Waals surface area contributed by atoms with Gasteiger partial charge >= 0.3 is 0 Å². The Hall–Kier alpha value is -1.13. The van der Waals surface area contributed by atoms with Gasteiger partial charge in [-0.05, 0) is 25.1 Å². The van der Waals surface area contributed by atoms with Crippen LogP contribution in [-0.4, -0.2) is 12.5 Å². The number of halogens is 2. The number of hydrogen-bond acceptors (Lipinski definition) is 2. The minimum absolute atomic E-state index is 0.0946. The molecule has 1 rings (SSSR count). The minimum atomic E-state index is -0.672. The average Bonchev–Trinajstić information content (AvgIpc) is 2.14. The number of carbonyl (C=O) groups excluding carboxylic acids is 1. The fourth-order valence-electron chi connectivity index (χ4n) is 0.866. The number of benzene rings is 1. The lowest BCUT2D eigenvalue weighted by Gasteiger charge is -2.04. The highest BCUT2D eigenvalue weighted by Crippen LogP contribution is 2.14. The van der Waals surface area contributed by atoms with Crippen LogP contribution in [0.3, 0.4) is 0 Å². The predicted octanol–water partition coefficient (Wildman–Crippen LogP) is 2.16. The third kappa shape index (κ3) is 2.68. The molecule has 0 unspecified atom stereocenters. The Bertz CT molecular complexity index is 344. The van der Waals surface area contributed by atoms with Gasteiger partial charge in [0, 0.05) is 5.02 Å². The monoisotopic (exact) mass is 217 g/mol. The molecule has 1 aromatic carbocycles. The van der Waals surface area contributed by atoms with Crippen LogP contribution >= 0.6 is 11.6 Å². The minimum Gasteiger partial charge on any atom is -0.274 e. The highest BCUT2D eigenvalue weighted by Gasteiger charge is 2.11. The number of rotatable bonds is 3. The van der Waals surface area contributed by atoms with Crippen molar-refractivity contribution in [2.24, 2.45) is 0 Å². The molecule has 0 aromatic heterocycles. The quantitative estimate of drug-likeness (QED) is 0.788. The van der Waals surface area contributed by atoms with E-state index in [4.69, 9.17) is 11.6 Å². The molecule has 0 saturated carbocycles. The lowest BCUT2D eigenvalue weighted by molar-refractivity contribution is 0.0361. The molecule has 0 heterocycles. The van der Waals surface area contributed by atoms with Crippen molar-refractivity contribution >= 4 is 17.5 Å². The second-order valence-electron chi connectivity index (χ2n) is 2.49. The van der Waals surface area contributed by atoms with E-state index in [-0.39, 0.29) is 10.6 Å². The maximum Gasteiger partial charge on any atom is 0.277 e. The Kier molecular flexibility index (Phi) is 3.85. The van der Waals surface area contributed by atoms with E-state index in [1.165, 1.54) is 12.1 Å². The Morgan fingerprint density at radius 3 is 2.93 bits per heavy atom. The molecule has 0 aliphatic rings. The summed E-state index contributed by atoms with van der Waals surface area (Å²) in [6.45, 7) is 2.03. The van der Waals surface area contributed by atoms with E-state index < -0.39 is 11.7 Å². The van der Waals surface area contributed by atoms with E-state index >= 15 is 0 Å². The smallest absolute Gasteiger partial charge is 0.274 e. The topological polar surface area (TPSA) is 38.3 Å². The molecule has 0 saturated heterocycles. The van der Waals surface area contributed by atoms with Crippen molar-refractivity contribution < 1.29 is 14.0 Å². The summed E-state index contributed by atoms with van der Waals surface area (Å²) in [6.07, 6.45) is 0. The number of nitrogens with one attached hydrogen (secondary N) is 1. The third-order valence-electron chi connectivity index (χ3n) is 1.48. The lowest BCUT2D eigenvalue weighted by Crippen LogP contribution is -2.24. The molecule has 14 heavy (non-hydrogen) atoms. The van der Waals surface area contributed by atoms with E-state index in [9.17, 15) is 9.18 Å². The van der Waals surface area contributed by atoms with Crippen LogP contribution < -0.4 is 5.48 Å². The molecule has 5 heteroatoms. The van der Waals surface area contributed by atoms with Crippen molar-refractivity contribution in [1.29, 1.82) is 0 Å². The second kappa shape index (κ2) is 4.93. The Morgan fingerprint density at radius 1 is 1.64 bits per heavy atom. The highest BCUT2D eigenvalue weighted by atomic mass is 35.5. The van der Waals surface area contributed by atoms with Gasteiger partial charge in [-0.1, -0.05) is 11.6 Å². The van der Waals surface area contributed by atoms with Crippen LogP contribution in [0, 0.1) is 5.82 Å². The molecule has 1 N–H and O–H groups in total. The molecule has 1 aromatic rings. The van der Waals surface area contributed by atoms with E-state index in [2.05, 4.69) is 10.3 Å². The summed E-state index contributed by atoms with van der Waals surface area (Å²) >= 11 is 5.52. The molecule has 0 spiro atoms. The first-order valence-corrected chi connectivity index (χ1v) is 4.40. The molecular weight excluding hydrogens is 209 g/mol. The number of carbonyl (C=O) groups is 1. The van der Waals surface area contributed by atoms with E-state index in [0.717, 1.165) is 6.07 Å². The van der Waals surface area contributed by atoms with Crippen LogP contribution in [0.15, 0.2) is 18.2 Å². The maximum atomic E-state index is 13.1. The van der Waals surface area contributed by atoms with Crippen molar-refractivity contribution in [1.82, 2.24) is 5.48 Å². The van der Waals surface area contributed by atoms with Crippen LogP contribution in [0.4, 0.5) is 4.39 Å². The van der Waals surface area contributed by atoms with Crippen molar-refractivity contribution in [2.75, 3.05) is 6.61 Å². The van der Waals surface area contributed by atoms with Crippen LogP contribution in [0.1, 0.15) is 17.3 Å². The first-order chi connectivity index (χ1) is 6.65. The van der Waals surface area contributed by atoms with Gasteiger partial charge in [-0.2, -0.15) is 0 Å². The van der Waals surface area contributed by atoms with Gasteiger partial charge in [0.15, 0.2) is 0 Å². The summed E-state index contributed by atoms with van der Waals surface area (Å²) < 4.78 is 13.1. The molecule has 3 nitrogen and oxygen atoms in total. The second-order valence-corrected chi connectivity index (χ2v) is 2.92. The van der Waals surface area contributed by atoms with Crippen LogP contribution in [0.5, 0.6) is 0 Å². The summed E-state index contributed by atoms with van der Waals surface area (Å²) in [5.41, 5.74) is 1.99. The van der Waals surface area contributed by atoms with Crippen molar-refractivity contribution in [2.45, 2.75) is 6.92 Å². The predicted molar refractivity (Wildman–Crippen MR) is 50.5 cm³/mol. The summed E-state index contributed by atoms with van der Waals surface area (Å²) in [4.78, 5) is 15.9. The van der Waals surface area contributed by atoms with Crippen molar-refractivity contribution in [3.63, 3.8) is 0 Å². The molecule has 0 radical (unpaired) electrons. The lowest BCUT2D eigenvalue weighted by atomic mass is 10.2. The highest BCUT2D eigenvalue weighted by molar-refractivity contribution is 6.30. The standard InChI is InChI=1S/C9H9ClFNO2/c1-2-14-12-9(13)7-4-3-6(10)5-8(7)11/h3-5H,2H2,1H3,(H,12,13). The van der Waals surface area contributed by atoms with Gasteiger partial charge < -0.3 is 0 Å². The Labute approximate surface area is 85.8 Å². The van der Waals surface area contributed by atoms with E-state index in [1.807, 2.05) is 0 Å².